The number of aromatic nitrogens is 1. The van der Waals surface area contributed by atoms with Crippen molar-refractivity contribution in [3.63, 3.8) is 0 Å². The molecular formula is C21H23N2O5P. The largest absolute Gasteiger partial charge is 0.356 e. The van der Waals surface area contributed by atoms with Gasteiger partial charge in [0.05, 0.1) is 11.9 Å². The van der Waals surface area contributed by atoms with Crippen LogP contribution in [-0.2, 0) is 15.8 Å². The Bertz CT molecular complexity index is 995. The van der Waals surface area contributed by atoms with Gasteiger partial charge < -0.3 is 19.6 Å². The molecule has 0 saturated heterocycles. The first kappa shape index (κ1) is 21.0. The van der Waals surface area contributed by atoms with E-state index in [1.165, 1.54) is 0 Å². The second kappa shape index (κ2) is 9.18. The smallest absolute Gasteiger partial charge is 0.332 e. The first-order chi connectivity index (χ1) is 13.9. The predicted molar refractivity (Wildman–Crippen MR) is 110 cm³/mol. The highest BCUT2D eigenvalue weighted by atomic mass is 31.2. The molecule has 7 nitrogen and oxygen atoms in total. The maximum atomic E-state index is 12.3. The Morgan fingerprint density at radius 1 is 1.14 bits per heavy atom. The molecule has 0 aliphatic rings. The van der Waals surface area contributed by atoms with Crippen LogP contribution in [0.4, 0.5) is 5.69 Å². The Morgan fingerprint density at radius 3 is 2.45 bits per heavy atom. The van der Waals surface area contributed by atoms with Gasteiger partial charge in [-0.05, 0) is 30.5 Å². The molecule has 29 heavy (non-hydrogen) atoms. The number of carbonyl (C=O) groups excluding carboxylic acids is 1. The van der Waals surface area contributed by atoms with Crippen molar-refractivity contribution >= 4 is 19.2 Å². The highest BCUT2D eigenvalue weighted by molar-refractivity contribution is 7.52. The van der Waals surface area contributed by atoms with Crippen LogP contribution in [0.1, 0.15) is 36.6 Å². The molecule has 3 aromatic rings. The minimum absolute atomic E-state index is 0.167. The lowest BCUT2D eigenvalue weighted by molar-refractivity contribution is -0.116. The van der Waals surface area contributed by atoms with Gasteiger partial charge >= 0.3 is 7.60 Å². The lowest BCUT2D eigenvalue weighted by Gasteiger charge is -2.17. The first-order valence-electron chi connectivity index (χ1n) is 9.32. The Hall–Kier alpha value is -2.73. The van der Waals surface area contributed by atoms with Crippen LogP contribution in [0.15, 0.2) is 65.3 Å². The molecule has 2 aromatic carbocycles. The van der Waals surface area contributed by atoms with Gasteiger partial charge in [0, 0.05) is 23.2 Å². The third kappa shape index (κ3) is 5.41. The van der Waals surface area contributed by atoms with E-state index in [1.807, 2.05) is 30.3 Å². The van der Waals surface area contributed by atoms with Crippen LogP contribution in [0.2, 0.25) is 0 Å². The Balaban J connectivity index is 1.60. The molecule has 0 radical (unpaired) electrons. The van der Waals surface area contributed by atoms with Crippen LogP contribution >= 0.6 is 7.60 Å². The van der Waals surface area contributed by atoms with E-state index < -0.39 is 13.3 Å². The fraction of sp³-hybridized carbons (Fsp3) is 0.238. The molecule has 8 heteroatoms. The Morgan fingerprint density at radius 2 is 1.83 bits per heavy atom. The minimum Gasteiger partial charge on any atom is -0.356 e. The van der Waals surface area contributed by atoms with E-state index in [1.54, 1.807) is 37.4 Å². The molecule has 3 rings (SSSR count). The Labute approximate surface area is 168 Å². The second-order valence-corrected chi connectivity index (χ2v) is 8.53. The summed E-state index contributed by atoms with van der Waals surface area (Å²) in [5, 5.41) is 6.65. The topological polar surface area (TPSA) is 113 Å². The normalized spacial score (nSPS) is 12.5. The molecule has 1 atom stereocenters. The zero-order valence-electron chi connectivity index (χ0n) is 16.0. The van der Waals surface area contributed by atoms with E-state index in [0.717, 1.165) is 11.1 Å². The van der Waals surface area contributed by atoms with Crippen LogP contribution in [0.3, 0.4) is 0 Å². The van der Waals surface area contributed by atoms with Crippen LogP contribution in [0.5, 0.6) is 0 Å². The molecular weight excluding hydrogens is 391 g/mol. The number of nitrogens with zero attached hydrogens (tertiary/aromatic N) is 1. The molecule has 1 amide bonds. The number of hydrogen-bond donors (Lipinski definition) is 3. The number of hydrogen-bond acceptors (Lipinski definition) is 4. The van der Waals surface area contributed by atoms with Crippen molar-refractivity contribution in [2.45, 2.75) is 31.8 Å². The van der Waals surface area contributed by atoms with Gasteiger partial charge in [0.15, 0.2) is 5.76 Å². The monoisotopic (exact) mass is 414 g/mol. The highest BCUT2D eigenvalue weighted by Crippen LogP contribution is 2.53. The van der Waals surface area contributed by atoms with Gasteiger partial charge in [-0.2, -0.15) is 0 Å². The van der Waals surface area contributed by atoms with E-state index in [9.17, 15) is 19.1 Å². The van der Waals surface area contributed by atoms with Crippen molar-refractivity contribution in [3.05, 3.63) is 71.9 Å². The lowest BCUT2D eigenvalue weighted by Crippen LogP contribution is -2.12. The number of anilines is 1. The number of carbonyl (C=O) groups is 1. The van der Waals surface area contributed by atoms with Gasteiger partial charge in [-0.15, -0.1) is 0 Å². The molecule has 0 fully saturated rings. The van der Waals surface area contributed by atoms with E-state index >= 15 is 0 Å². The highest BCUT2D eigenvalue weighted by Gasteiger charge is 2.28. The number of rotatable bonds is 8. The summed E-state index contributed by atoms with van der Waals surface area (Å²) in [5.41, 5.74) is 2.06. The average Bonchev–Trinajstić information content (AvgIpc) is 3.16. The van der Waals surface area contributed by atoms with Crippen LogP contribution in [0.25, 0.3) is 11.3 Å². The molecule has 1 aromatic heterocycles. The lowest BCUT2D eigenvalue weighted by atomic mass is 10.1. The predicted octanol–water partition coefficient (Wildman–Crippen LogP) is 4.54. The van der Waals surface area contributed by atoms with Crippen molar-refractivity contribution in [1.82, 2.24) is 5.16 Å². The van der Waals surface area contributed by atoms with Crippen molar-refractivity contribution in [1.29, 1.82) is 0 Å². The zero-order valence-corrected chi connectivity index (χ0v) is 16.9. The quantitative estimate of drug-likeness (QED) is 0.467. The summed E-state index contributed by atoms with van der Waals surface area (Å²) in [6.07, 6.45) is 2.69. The molecule has 0 aliphatic heterocycles. The number of benzene rings is 2. The van der Waals surface area contributed by atoms with Gasteiger partial charge in [-0.1, -0.05) is 54.5 Å². The zero-order chi connectivity index (χ0) is 20.9. The van der Waals surface area contributed by atoms with Gasteiger partial charge in [-0.25, -0.2) is 0 Å². The maximum Gasteiger partial charge on any atom is 0.332 e. The molecule has 0 spiro atoms. The summed E-state index contributed by atoms with van der Waals surface area (Å²) < 4.78 is 16.9. The molecule has 1 heterocycles. The number of aryl methyl sites for hydroxylation is 1. The van der Waals surface area contributed by atoms with Crippen molar-refractivity contribution in [2.24, 2.45) is 0 Å². The summed E-state index contributed by atoms with van der Waals surface area (Å²) in [4.78, 5) is 31.2. The van der Waals surface area contributed by atoms with Crippen molar-refractivity contribution < 1.29 is 23.7 Å². The molecule has 152 valence electrons. The second-order valence-electron chi connectivity index (χ2n) is 6.73. The van der Waals surface area contributed by atoms with E-state index in [2.05, 4.69) is 10.5 Å². The van der Waals surface area contributed by atoms with Crippen LogP contribution < -0.4 is 5.32 Å². The van der Waals surface area contributed by atoms with Gasteiger partial charge in [-0.3, -0.25) is 9.36 Å². The SMILES string of the molecule is CCC(c1ccc(NC(=O)CCc2cnoc2-c2ccccc2)cc1)P(=O)(O)O. The summed E-state index contributed by atoms with van der Waals surface area (Å²) in [6, 6.07) is 16.2. The third-order valence-electron chi connectivity index (χ3n) is 4.67. The number of amides is 1. The molecule has 3 N–H and O–H groups in total. The molecule has 0 aliphatic carbocycles. The molecule has 0 saturated carbocycles. The third-order valence-corrected chi connectivity index (χ3v) is 6.15. The first-order valence-corrected chi connectivity index (χ1v) is 11.0. The molecule has 1 unspecified atom stereocenters. The van der Waals surface area contributed by atoms with Crippen molar-refractivity contribution in [3.8, 4) is 11.3 Å². The van der Waals surface area contributed by atoms with Gasteiger partial charge in [0.25, 0.3) is 0 Å². The summed E-state index contributed by atoms with van der Waals surface area (Å²) in [7, 11) is -4.21. The van der Waals surface area contributed by atoms with Crippen molar-refractivity contribution in [2.75, 3.05) is 5.32 Å². The fourth-order valence-electron chi connectivity index (χ4n) is 3.19. The molecule has 0 bridgehead atoms. The maximum absolute atomic E-state index is 12.3. The van der Waals surface area contributed by atoms with Gasteiger partial charge in [0.1, 0.15) is 0 Å². The minimum atomic E-state index is -4.21. The van der Waals surface area contributed by atoms with Crippen LogP contribution in [0, 0.1) is 0 Å². The fourth-order valence-corrected chi connectivity index (χ4v) is 4.23. The number of nitrogens with one attached hydrogen (secondary N) is 1. The van der Waals surface area contributed by atoms with E-state index in [0.29, 0.717) is 29.9 Å². The van der Waals surface area contributed by atoms with E-state index in [4.69, 9.17) is 4.52 Å². The average molecular weight is 414 g/mol. The summed E-state index contributed by atoms with van der Waals surface area (Å²) in [6.45, 7) is 1.73. The Kier molecular flexibility index (Phi) is 6.64. The summed E-state index contributed by atoms with van der Waals surface area (Å²) >= 11 is 0. The van der Waals surface area contributed by atoms with E-state index in [-0.39, 0.29) is 12.3 Å². The van der Waals surface area contributed by atoms with Crippen LogP contribution in [-0.4, -0.2) is 20.9 Å². The van der Waals surface area contributed by atoms with Gasteiger partial charge in [0.2, 0.25) is 5.91 Å². The standard InChI is InChI=1S/C21H23N2O5P/c1-2-19(29(25,26)27)15-8-11-18(12-9-15)23-20(24)13-10-17-14-22-28-21(17)16-6-4-3-5-7-16/h3-9,11-12,14,19H,2,10,13H2,1H3,(H,23,24)(H2,25,26,27). The summed E-state index contributed by atoms with van der Waals surface area (Å²) in [5.74, 6) is 0.491.